The van der Waals surface area contributed by atoms with Crippen molar-refractivity contribution in [1.29, 1.82) is 0 Å². The number of nitrogens with one attached hydrogen (secondary N) is 1. The molecule has 0 bridgehead atoms. The van der Waals surface area contributed by atoms with E-state index in [1.54, 1.807) is 11.0 Å². The van der Waals surface area contributed by atoms with E-state index in [4.69, 9.17) is 23.2 Å². The fourth-order valence-corrected chi connectivity index (χ4v) is 5.04. The largest absolute Gasteiger partial charge is 0.352 e. The molecule has 0 heterocycles. The van der Waals surface area contributed by atoms with Crippen LogP contribution in [-0.4, -0.2) is 34.6 Å². The number of carbonyl (C=O) groups is 2. The Labute approximate surface area is 228 Å². The minimum absolute atomic E-state index is 0.00485. The first-order valence-electron chi connectivity index (χ1n) is 12.1. The van der Waals surface area contributed by atoms with Crippen LogP contribution in [0.25, 0.3) is 0 Å². The van der Waals surface area contributed by atoms with E-state index < -0.39 is 6.04 Å². The molecule has 0 aliphatic heterocycles. The summed E-state index contributed by atoms with van der Waals surface area (Å²) in [6.07, 6.45) is 1.22. The monoisotopic (exact) mass is 542 g/mol. The minimum atomic E-state index is -0.669. The standard InChI is InChI=1S/C29H32Cl2N2O2S/c1-3-21(2)32-29(35)27(17-22-10-5-4-6-11-22)33(18-24-13-7-8-15-26(24)31)28(34)20-36-19-23-12-9-14-25(30)16-23/h4-16,21,27H,3,17-20H2,1-2H3,(H,32,35)/t21-,27+/m1/s1. The molecule has 7 heteroatoms. The van der Waals surface area contributed by atoms with Gasteiger partial charge in [-0.05, 0) is 48.2 Å². The predicted molar refractivity (Wildman–Crippen MR) is 151 cm³/mol. The van der Waals surface area contributed by atoms with Crippen LogP contribution < -0.4 is 5.32 Å². The molecule has 2 amide bonds. The molecule has 3 rings (SSSR count). The van der Waals surface area contributed by atoms with E-state index in [2.05, 4.69) is 5.32 Å². The van der Waals surface area contributed by atoms with Crippen LogP contribution >= 0.6 is 35.0 Å². The second kappa shape index (κ2) is 14.3. The summed E-state index contributed by atoms with van der Waals surface area (Å²) < 4.78 is 0. The Kier molecular flexibility index (Phi) is 11.2. The molecular weight excluding hydrogens is 511 g/mol. The zero-order chi connectivity index (χ0) is 25.9. The molecule has 1 N–H and O–H groups in total. The molecule has 2 atom stereocenters. The smallest absolute Gasteiger partial charge is 0.243 e. The van der Waals surface area contributed by atoms with Gasteiger partial charge in [0.15, 0.2) is 0 Å². The molecule has 0 saturated carbocycles. The minimum Gasteiger partial charge on any atom is -0.352 e. The lowest BCUT2D eigenvalue weighted by Gasteiger charge is -2.32. The summed E-state index contributed by atoms with van der Waals surface area (Å²) >= 11 is 14.1. The molecule has 0 unspecified atom stereocenters. The van der Waals surface area contributed by atoms with Gasteiger partial charge in [-0.2, -0.15) is 0 Å². The van der Waals surface area contributed by atoms with Gasteiger partial charge in [0, 0.05) is 34.8 Å². The third kappa shape index (κ3) is 8.58. The number of amides is 2. The zero-order valence-electron chi connectivity index (χ0n) is 20.6. The van der Waals surface area contributed by atoms with Crippen LogP contribution in [0.2, 0.25) is 10.0 Å². The SMILES string of the molecule is CC[C@@H](C)NC(=O)[C@H](Cc1ccccc1)N(Cc1ccccc1Cl)C(=O)CSCc1cccc(Cl)c1. The fourth-order valence-electron chi connectivity index (χ4n) is 3.77. The fraction of sp³-hybridized carbons (Fsp3) is 0.310. The molecule has 190 valence electrons. The van der Waals surface area contributed by atoms with E-state index in [9.17, 15) is 9.59 Å². The van der Waals surface area contributed by atoms with E-state index in [-0.39, 0.29) is 30.2 Å². The van der Waals surface area contributed by atoms with E-state index >= 15 is 0 Å². The van der Waals surface area contributed by atoms with Crippen molar-refractivity contribution in [2.45, 2.75) is 51.1 Å². The molecule has 3 aromatic carbocycles. The number of carbonyl (C=O) groups excluding carboxylic acids is 2. The summed E-state index contributed by atoms with van der Waals surface area (Å²) in [5.41, 5.74) is 2.85. The Morgan fingerprint density at radius 1 is 0.944 bits per heavy atom. The average molecular weight is 544 g/mol. The lowest BCUT2D eigenvalue weighted by Crippen LogP contribution is -2.52. The Bertz CT molecular complexity index is 1140. The van der Waals surface area contributed by atoms with Gasteiger partial charge in [0.1, 0.15) is 6.04 Å². The maximum absolute atomic E-state index is 13.7. The highest BCUT2D eigenvalue weighted by Crippen LogP contribution is 2.23. The topological polar surface area (TPSA) is 49.4 Å². The van der Waals surface area contributed by atoms with Gasteiger partial charge in [-0.15, -0.1) is 11.8 Å². The molecule has 3 aromatic rings. The Balaban J connectivity index is 1.86. The summed E-state index contributed by atoms with van der Waals surface area (Å²) in [6.45, 7) is 4.25. The number of benzene rings is 3. The third-order valence-electron chi connectivity index (χ3n) is 5.95. The van der Waals surface area contributed by atoms with Gasteiger partial charge in [-0.25, -0.2) is 0 Å². The summed E-state index contributed by atoms with van der Waals surface area (Å²) in [5, 5.41) is 4.33. The quantitative estimate of drug-likeness (QED) is 0.274. The second-order valence-electron chi connectivity index (χ2n) is 8.76. The maximum atomic E-state index is 13.7. The van der Waals surface area contributed by atoms with Gasteiger partial charge >= 0.3 is 0 Å². The van der Waals surface area contributed by atoms with E-state index in [0.29, 0.717) is 22.2 Å². The van der Waals surface area contributed by atoms with Crippen LogP contribution in [0.1, 0.15) is 37.0 Å². The van der Waals surface area contributed by atoms with Crippen LogP contribution in [-0.2, 0) is 28.3 Å². The summed E-state index contributed by atoms with van der Waals surface area (Å²) in [4.78, 5) is 28.9. The summed E-state index contributed by atoms with van der Waals surface area (Å²) in [6, 6.07) is 24.2. The molecule has 4 nitrogen and oxygen atoms in total. The second-order valence-corrected chi connectivity index (χ2v) is 10.6. The highest BCUT2D eigenvalue weighted by atomic mass is 35.5. The van der Waals surface area contributed by atoms with Crippen molar-refractivity contribution >= 4 is 46.8 Å². The van der Waals surface area contributed by atoms with Gasteiger partial charge in [0.2, 0.25) is 11.8 Å². The van der Waals surface area contributed by atoms with Crippen molar-refractivity contribution in [2.24, 2.45) is 0 Å². The van der Waals surface area contributed by atoms with Crippen LogP contribution in [0.5, 0.6) is 0 Å². The first-order chi connectivity index (χ1) is 17.4. The van der Waals surface area contributed by atoms with Gasteiger partial charge in [0.05, 0.1) is 5.75 Å². The highest BCUT2D eigenvalue weighted by molar-refractivity contribution is 7.99. The van der Waals surface area contributed by atoms with Gasteiger partial charge in [-0.3, -0.25) is 9.59 Å². The molecular formula is C29H32Cl2N2O2S. The summed E-state index contributed by atoms with van der Waals surface area (Å²) in [7, 11) is 0. The Hall–Kier alpha value is -2.47. The normalized spacial score (nSPS) is 12.6. The predicted octanol–water partition coefficient (Wildman–Crippen LogP) is 6.78. The van der Waals surface area contributed by atoms with Gasteiger partial charge < -0.3 is 10.2 Å². The van der Waals surface area contributed by atoms with Crippen LogP contribution in [0.4, 0.5) is 0 Å². The summed E-state index contributed by atoms with van der Waals surface area (Å²) in [5.74, 6) is 0.615. The van der Waals surface area contributed by atoms with Crippen molar-refractivity contribution in [3.63, 3.8) is 0 Å². The van der Waals surface area contributed by atoms with Crippen molar-refractivity contribution in [3.8, 4) is 0 Å². The van der Waals surface area contributed by atoms with Gasteiger partial charge in [0.25, 0.3) is 0 Å². The first kappa shape index (κ1) is 28.1. The molecule has 0 radical (unpaired) electrons. The number of nitrogens with zero attached hydrogens (tertiary/aromatic N) is 1. The van der Waals surface area contributed by atoms with Crippen molar-refractivity contribution in [3.05, 3.63) is 106 Å². The van der Waals surface area contributed by atoms with Crippen molar-refractivity contribution in [1.82, 2.24) is 10.2 Å². The lowest BCUT2D eigenvalue weighted by molar-refractivity contribution is -0.139. The number of thioether (sulfide) groups is 1. The lowest BCUT2D eigenvalue weighted by atomic mass is 10.0. The molecule has 0 saturated heterocycles. The van der Waals surface area contributed by atoms with Crippen LogP contribution in [0.15, 0.2) is 78.9 Å². The Morgan fingerprint density at radius 2 is 1.64 bits per heavy atom. The van der Waals surface area contributed by atoms with Crippen molar-refractivity contribution < 1.29 is 9.59 Å². The molecule has 36 heavy (non-hydrogen) atoms. The number of halogens is 2. The number of hydrogen-bond donors (Lipinski definition) is 1. The van der Waals surface area contributed by atoms with E-state index in [1.807, 2.05) is 86.6 Å². The average Bonchev–Trinajstić information content (AvgIpc) is 2.87. The number of hydrogen-bond acceptors (Lipinski definition) is 3. The zero-order valence-corrected chi connectivity index (χ0v) is 23.0. The van der Waals surface area contributed by atoms with Crippen molar-refractivity contribution in [2.75, 3.05) is 5.75 Å². The number of rotatable bonds is 12. The maximum Gasteiger partial charge on any atom is 0.243 e. The molecule has 0 fully saturated rings. The van der Waals surface area contributed by atoms with Crippen LogP contribution in [0, 0.1) is 0 Å². The van der Waals surface area contributed by atoms with Crippen LogP contribution in [0.3, 0.4) is 0 Å². The van der Waals surface area contributed by atoms with Gasteiger partial charge in [-0.1, -0.05) is 90.8 Å². The molecule has 0 aliphatic rings. The highest BCUT2D eigenvalue weighted by Gasteiger charge is 2.31. The Morgan fingerprint density at radius 3 is 2.33 bits per heavy atom. The first-order valence-corrected chi connectivity index (χ1v) is 14.0. The van der Waals surface area contributed by atoms with E-state index in [0.717, 1.165) is 23.1 Å². The van der Waals surface area contributed by atoms with E-state index in [1.165, 1.54) is 11.8 Å². The molecule has 0 spiro atoms. The molecule has 0 aromatic heterocycles. The molecule has 0 aliphatic carbocycles. The third-order valence-corrected chi connectivity index (χ3v) is 7.55.